The van der Waals surface area contributed by atoms with E-state index in [0.717, 1.165) is 6.26 Å². The lowest BCUT2D eigenvalue weighted by Crippen LogP contribution is -2.15. The van der Waals surface area contributed by atoms with E-state index >= 15 is 0 Å². The molecule has 96 valence electrons. The zero-order chi connectivity index (χ0) is 13.5. The summed E-state index contributed by atoms with van der Waals surface area (Å²) in [5, 5.41) is 0. The van der Waals surface area contributed by atoms with Gasteiger partial charge >= 0.3 is 10.1 Å². The first-order chi connectivity index (χ1) is 7.59. The standard InChI is InChI=1S/C7H4F4O4S2/c1-16(12)6-2(8)4(10)7(17(13,14)15)5(11)3(6)9/h1H3,(H,13,14,15). The molecule has 0 aliphatic carbocycles. The summed E-state index contributed by atoms with van der Waals surface area (Å²) >= 11 is -2.41. The lowest BCUT2D eigenvalue weighted by atomic mass is 10.3. The van der Waals surface area contributed by atoms with E-state index < -0.39 is 54.4 Å². The van der Waals surface area contributed by atoms with Crippen LogP contribution in [0.4, 0.5) is 17.6 Å². The summed E-state index contributed by atoms with van der Waals surface area (Å²) in [6.07, 6.45) is 0.744. The highest BCUT2D eigenvalue weighted by atomic mass is 32.2. The van der Waals surface area contributed by atoms with Crippen molar-refractivity contribution in [3.63, 3.8) is 0 Å². The number of hydrogen-bond acceptors (Lipinski definition) is 3. The van der Waals surface area contributed by atoms with E-state index in [1.807, 2.05) is 0 Å². The summed E-state index contributed by atoms with van der Waals surface area (Å²) in [5.74, 6) is -8.90. The van der Waals surface area contributed by atoms with Crippen LogP contribution in [0.15, 0.2) is 9.79 Å². The van der Waals surface area contributed by atoms with Crippen molar-refractivity contribution in [1.29, 1.82) is 0 Å². The Labute approximate surface area is 96.2 Å². The highest BCUT2D eigenvalue weighted by molar-refractivity contribution is 7.90. The van der Waals surface area contributed by atoms with Gasteiger partial charge in [0.1, 0.15) is 6.26 Å². The largest absolute Gasteiger partial charge is 0.611 e. The van der Waals surface area contributed by atoms with Crippen LogP contribution in [0.3, 0.4) is 0 Å². The minimum absolute atomic E-state index is 0.744. The number of rotatable bonds is 2. The molecule has 1 atom stereocenters. The molecule has 1 aromatic carbocycles. The molecule has 0 spiro atoms. The second-order valence-electron chi connectivity index (χ2n) is 2.84. The lowest BCUT2D eigenvalue weighted by Gasteiger charge is -2.10. The van der Waals surface area contributed by atoms with Crippen LogP contribution in [0.2, 0.25) is 0 Å². The van der Waals surface area contributed by atoms with Crippen molar-refractivity contribution in [3.05, 3.63) is 23.3 Å². The Kier molecular flexibility index (Phi) is 3.72. The topological polar surface area (TPSA) is 77.4 Å². The molecule has 0 amide bonds. The molecule has 10 heteroatoms. The number of hydrogen-bond donors (Lipinski definition) is 1. The normalized spacial score (nSPS) is 13.8. The van der Waals surface area contributed by atoms with Crippen molar-refractivity contribution in [3.8, 4) is 0 Å². The Bertz CT molecular complexity index is 541. The molecule has 0 aromatic heterocycles. The average Bonchev–Trinajstić information content (AvgIpc) is 2.12. The van der Waals surface area contributed by atoms with Crippen LogP contribution >= 0.6 is 0 Å². The van der Waals surface area contributed by atoms with Gasteiger partial charge in [-0.2, -0.15) is 17.2 Å². The Morgan fingerprint density at radius 2 is 1.41 bits per heavy atom. The molecule has 0 heterocycles. The van der Waals surface area contributed by atoms with Crippen LogP contribution < -0.4 is 0 Å². The van der Waals surface area contributed by atoms with Crippen molar-refractivity contribution in [2.75, 3.05) is 6.26 Å². The van der Waals surface area contributed by atoms with E-state index in [0.29, 0.717) is 0 Å². The van der Waals surface area contributed by atoms with E-state index in [-0.39, 0.29) is 0 Å². The smallest absolute Gasteiger partial charge is 0.300 e. The van der Waals surface area contributed by atoms with Crippen LogP contribution in [0.5, 0.6) is 0 Å². The molecule has 0 aliphatic rings. The monoisotopic (exact) mass is 292 g/mol. The summed E-state index contributed by atoms with van der Waals surface area (Å²) in [4.78, 5) is -3.59. The first-order valence-electron chi connectivity index (χ1n) is 3.75. The van der Waals surface area contributed by atoms with E-state index in [2.05, 4.69) is 0 Å². The van der Waals surface area contributed by atoms with Gasteiger partial charge in [0, 0.05) is 0 Å². The zero-order valence-electron chi connectivity index (χ0n) is 8.00. The molecule has 0 aliphatic heterocycles. The molecular formula is C7H4F4O4S2. The third-order valence-electron chi connectivity index (χ3n) is 1.73. The SMILES string of the molecule is C[S+]([O-])c1c(F)c(F)c(S(=O)(=O)O)c(F)c1F. The Morgan fingerprint density at radius 3 is 1.65 bits per heavy atom. The fourth-order valence-corrected chi connectivity index (χ4v) is 2.39. The van der Waals surface area contributed by atoms with E-state index in [9.17, 15) is 30.5 Å². The van der Waals surface area contributed by atoms with Crippen molar-refractivity contribution in [2.24, 2.45) is 0 Å². The third kappa shape index (κ3) is 2.39. The maximum atomic E-state index is 13.1. The Balaban J connectivity index is 3.84. The Hall–Kier alpha value is -0.840. The fourth-order valence-electron chi connectivity index (χ4n) is 1.07. The van der Waals surface area contributed by atoms with Crippen LogP contribution in [0.1, 0.15) is 0 Å². The zero-order valence-corrected chi connectivity index (χ0v) is 9.63. The molecule has 0 fully saturated rings. The summed E-state index contributed by atoms with van der Waals surface area (Å²) < 4.78 is 92.8. The van der Waals surface area contributed by atoms with Crippen LogP contribution in [0, 0.1) is 23.3 Å². The predicted octanol–water partition coefficient (Wildman–Crippen LogP) is 1.23. The first kappa shape index (κ1) is 14.2. The molecule has 1 aromatic rings. The van der Waals surface area contributed by atoms with Gasteiger partial charge in [0.25, 0.3) is 0 Å². The summed E-state index contributed by atoms with van der Waals surface area (Å²) in [6, 6.07) is 0. The van der Waals surface area contributed by atoms with Crippen molar-refractivity contribution < 1.29 is 35.1 Å². The van der Waals surface area contributed by atoms with E-state index in [1.165, 1.54) is 0 Å². The molecule has 1 rings (SSSR count). The van der Waals surface area contributed by atoms with Crippen molar-refractivity contribution in [1.82, 2.24) is 0 Å². The quantitative estimate of drug-likeness (QED) is 0.385. The molecule has 0 radical (unpaired) electrons. The molecule has 17 heavy (non-hydrogen) atoms. The van der Waals surface area contributed by atoms with E-state index in [4.69, 9.17) is 4.55 Å². The number of benzene rings is 1. The number of halogens is 4. The van der Waals surface area contributed by atoms with Gasteiger partial charge in [-0.3, -0.25) is 4.55 Å². The second-order valence-corrected chi connectivity index (χ2v) is 5.52. The van der Waals surface area contributed by atoms with E-state index in [1.54, 1.807) is 0 Å². The highest BCUT2D eigenvalue weighted by Gasteiger charge is 2.35. The molecule has 0 saturated heterocycles. The van der Waals surface area contributed by atoms with Crippen LogP contribution in [-0.4, -0.2) is 23.8 Å². The van der Waals surface area contributed by atoms with Crippen molar-refractivity contribution in [2.45, 2.75) is 9.79 Å². The van der Waals surface area contributed by atoms with Crippen molar-refractivity contribution >= 4 is 21.3 Å². The van der Waals surface area contributed by atoms with Gasteiger partial charge in [0.2, 0.25) is 16.5 Å². The average molecular weight is 292 g/mol. The summed E-state index contributed by atoms with van der Waals surface area (Å²) in [6.45, 7) is 0. The Morgan fingerprint density at radius 1 is 1.06 bits per heavy atom. The molecule has 1 N–H and O–H groups in total. The fraction of sp³-hybridized carbons (Fsp3) is 0.143. The van der Waals surface area contributed by atoms with Gasteiger partial charge in [0.05, 0.1) is 0 Å². The maximum absolute atomic E-state index is 13.1. The van der Waals surface area contributed by atoms with Crippen LogP contribution in [0.25, 0.3) is 0 Å². The third-order valence-corrected chi connectivity index (χ3v) is 3.54. The summed E-state index contributed by atoms with van der Waals surface area (Å²) in [7, 11) is -5.48. The van der Waals surface area contributed by atoms with Gasteiger partial charge in [-0.05, 0) is 11.2 Å². The first-order valence-corrected chi connectivity index (χ1v) is 6.75. The summed E-state index contributed by atoms with van der Waals surface area (Å²) in [5.41, 5.74) is 0. The molecular weight excluding hydrogens is 288 g/mol. The highest BCUT2D eigenvalue weighted by Crippen LogP contribution is 2.29. The minimum atomic E-state index is -5.48. The minimum Gasteiger partial charge on any atom is -0.611 e. The van der Waals surface area contributed by atoms with Gasteiger partial charge in [-0.15, -0.1) is 0 Å². The van der Waals surface area contributed by atoms with Gasteiger partial charge in [-0.1, -0.05) is 0 Å². The second kappa shape index (κ2) is 4.44. The molecule has 0 saturated carbocycles. The maximum Gasteiger partial charge on any atom is 0.300 e. The molecule has 0 bridgehead atoms. The molecule has 4 nitrogen and oxygen atoms in total. The van der Waals surface area contributed by atoms with Crippen LogP contribution in [-0.2, 0) is 21.3 Å². The lowest BCUT2D eigenvalue weighted by molar-refractivity contribution is 0.380. The van der Waals surface area contributed by atoms with Gasteiger partial charge in [0.15, 0.2) is 16.5 Å². The predicted molar refractivity (Wildman–Crippen MR) is 48.4 cm³/mol. The van der Waals surface area contributed by atoms with Gasteiger partial charge in [-0.25, -0.2) is 8.78 Å². The van der Waals surface area contributed by atoms with Gasteiger partial charge < -0.3 is 4.55 Å². The molecule has 1 unspecified atom stereocenters.